The van der Waals surface area contributed by atoms with Gasteiger partial charge in [0.25, 0.3) is 0 Å². The van der Waals surface area contributed by atoms with E-state index in [9.17, 15) is 18.4 Å². The summed E-state index contributed by atoms with van der Waals surface area (Å²) >= 11 is 0. The largest absolute Gasteiger partial charge is 0.338 e. The van der Waals surface area contributed by atoms with Gasteiger partial charge in [-0.15, -0.1) is 0 Å². The highest BCUT2D eigenvalue weighted by Crippen LogP contribution is 2.28. The highest BCUT2D eigenvalue weighted by atomic mass is 19.1. The van der Waals surface area contributed by atoms with Crippen LogP contribution in [0.2, 0.25) is 0 Å². The van der Waals surface area contributed by atoms with Gasteiger partial charge in [-0.3, -0.25) is 0 Å². The van der Waals surface area contributed by atoms with Crippen LogP contribution in [0.25, 0.3) is 0 Å². The van der Waals surface area contributed by atoms with Gasteiger partial charge in [-0.25, -0.2) is 18.4 Å². The molecule has 4 N–H and O–H groups in total. The maximum Gasteiger partial charge on any atom is 0.319 e. The van der Waals surface area contributed by atoms with Crippen molar-refractivity contribution in [1.82, 2.24) is 10.6 Å². The average Bonchev–Trinajstić information content (AvgIpc) is 2.71. The van der Waals surface area contributed by atoms with Gasteiger partial charge in [0, 0.05) is 24.5 Å². The fraction of sp³-hybridized carbons (Fsp3) is 0.364. The van der Waals surface area contributed by atoms with Gasteiger partial charge in [0.1, 0.15) is 11.6 Å². The molecule has 0 saturated heterocycles. The van der Waals surface area contributed by atoms with Gasteiger partial charge in [-0.1, -0.05) is 18.6 Å². The van der Waals surface area contributed by atoms with Gasteiger partial charge in [0.05, 0.1) is 0 Å². The van der Waals surface area contributed by atoms with Gasteiger partial charge in [-0.05, 0) is 67.5 Å². The Balaban J connectivity index is 1.37. The van der Waals surface area contributed by atoms with E-state index >= 15 is 0 Å². The summed E-state index contributed by atoms with van der Waals surface area (Å²) in [5.74, 6) is -0.182. The van der Waals surface area contributed by atoms with Crippen LogP contribution < -0.4 is 21.3 Å². The molecule has 0 heterocycles. The Kier molecular flexibility index (Phi) is 7.59. The molecule has 0 bridgehead atoms. The third kappa shape index (κ3) is 7.02. The fourth-order valence-corrected chi connectivity index (χ4v) is 3.73. The van der Waals surface area contributed by atoms with Crippen LogP contribution in [-0.4, -0.2) is 25.2 Å². The van der Waals surface area contributed by atoms with Crippen molar-refractivity contribution in [2.75, 3.05) is 23.7 Å². The molecule has 1 fully saturated rings. The van der Waals surface area contributed by atoms with E-state index in [-0.39, 0.29) is 12.1 Å². The quantitative estimate of drug-likeness (QED) is 0.550. The summed E-state index contributed by atoms with van der Waals surface area (Å²) in [5.41, 5.74) is 0.810. The van der Waals surface area contributed by atoms with Crippen LogP contribution in [0, 0.1) is 23.5 Å². The lowest BCUT2D eigenvalue weighted by molar-refractivity contribution is 0.230. The van der Waals surface area contributed by atoms with Crippen molar-refractivity contribution in [3.63, 3.8) is 0 Å². The minimum Gasteiger partial charge on any atom is -0.338 e. The van der Waals surface area contributed by atoms with Crippen molar-refractivity contribution >= 4 is 23.4 Å². The zero-order chi connectivity index (χ0) is 21.3. The number of nitrogens with one attached hydrogen (secondary N) is 4. The van der Waals surface area contributed by atoms with Gasteiger partial charge >= 0.3 is 12.1 Å². The Morgan fingerprint density at radius 1 is 0.800 bits per heavy atom. The topological polar surface area (TPSA) is 82.3 Å². The lowest BCUT2D eigenvalue weighted by Crippen LogP contribution is -2.38. The molecular formula is C22H26F2N4O2. The van der Waals surface area contributed by atoms with E-state index in [0.717, 1.165) is 25.7 Å². The molecule has 1 aliphatic carbocycles. The second-order valence-corrected chi connectivity index (χ2v) is 7.59. The molecule has 4 amide bonds. The number of carbonyl (C=O) groups is 2. The van der Waals surface area contributed by atoms with Crippen LogP contribution in [-0.2, 0) is 0 Å². The van der Waals surface area contributed by atoms with E-state index in [0.29, 0.717) is 36.3 Å². The van der Waals surface area contributed by atoms with E-state index in [4.69, 9.17) is 0 Å². The molecule has 6 nitrogen and oxygen atoms in total. The molecule has 3 rings (SSSR count). The molecule has 1 saturated carbocycles. The molecule has 160 valence electrons. The van der Waals surface area contributed by atoms with Crippen molar-refractivity contribution in [3.8, 4) is 0 Å². The first-order valence-electron chi connectivity index (χ1n) is 10.1. The predicted octanol–water partition coefficient (Wildman–Crippen LogP) is 4.71. The summed E-state index contributed by atoms with van der Waals surface area (Å²) in [6, 6.07) is 10.7. The highest BCUT2D eigenvalue weighted by molar-refractivity contribution is 5.89. The van der Waals surface area contributed by atoms with Crippen molar-refractivity contribution in [2.24, 2.45) is 11.8 Å². The maximum atomic E-state index is 13.2. The molecule has 8 heteroatoms. The van der Waals surface area contributed by atoms with Crippen LogP contribution >= 0.6 is 0 Å². The molecule has 0 radical (unpaired) electrons. The van der Waals surface area contributed by atoms with E-state index < -0.39 is 11.6 Å². The first kappa shape index (κ1) is 21.5. The number of urea groups is 2. The third-order valence-corrected chi connectivity index (χ3v) is 5.16. The Labute approximate surface area is 174 Å². The second-order valence-electron chi connectivity index (χ2n) is 7.59. The van der Waals surface area contributed by atoms with Crippen LogP contribution in [0.1, 0.15) is 25.7 Å². The summed E-state index contributed by atoms with van der Waals surface area (Å²) < 4.78 is 26.4. The number of rotatable bonds is 6. The van der Waals surface area contributed by atoms with Crippen molar-refractivity contribution in [3.05, 3.63) is 60.2 Å². The van der Waals surface area contributed by atoms with E-state index in [2.05, 4.69) is 21.3 Å². The average molecular weight is 416 g/mol. The van der Waals surface area contributed by atoms with Crippen molar-refractivity contribution in [2.45, 2.75) is 25.7 Å². The number of carbonyl (C=O) groups excluding carboxylic acids is 2. The fourth-order valence-electron chi connectivity index (χ4n) is 3.73. The molecule has 0 aromatic heterocycles. The number of halogens is 2. The molecule has 0 aliphatic heterocycles. The summed E-state index contributed by atoms with van der Waals surface area (Å²) in [6.07, 6.45) is 3.93. The van der Waals surface area contributed by atoms with Crippen LogP contribution in [0.5, 0.6) is 0 Å². The monoisotopic (exact) mass is 416 g/mol. The Hall–Kier alpha value is -3.16. The standard InChI is InChI=1S/C22H26F2N4O2/c23-17-6-2-8-19(11-17)27-21(29)25-13-15-4-1-5-16(10-15)14-26-22(30)28-20-9-3-7-18(24)12-20/h2-3,6-9,11-12,15-16H,1,4-5,10,13-14H2,(H2,25,27,29)(H2,26,28,30)/t15-,16-/m0/s1. The van der Waals surface area contributed by atoms with Crippen LogP contribution in [0.3, 0.4) is 0 Å². The van der Waals surface area contributed by atoms with Crippen LogP contribution in [0.15, 0.2) is 48.5 Å². The molecular weight excluding hydrogens is 390 g/mol. The van der Waals surface area contributed by atoms with E-state index in [1.54, 1.807) is 12.1 Å². The number of anilines is 2. The number of amides is 4. The number of benzene rings is 2. The second kappa shape index (κ2) is 10.6. The minimum atomic E-state index is -0.406. The summed E-state index contributed by atoms with van der Waals surface area (Å²) in [7, 11) is 0. The lowest BCUT2D eigenvalue weighted by atomic mass is 9.81. The summed E-state index contributed by atoms with van der Waals surface area (Å²) in [4.78, 5) is 24.0. The van der Waals surface area contributed by atoms with Gasteiger partial charge in [0.15, 0.2) is 0 Å². The Bertz CT molecular complexity index is 808. The third-order valence-electron chi connectivity index (χ3n) is 5.16. The predicted molar refractivity (Wildman–Crippen MR) is 112 cm³/mol. The molecule has 1 aliphatic rings. The zero-order valence-electron chi connectivity index (χ0n) is 16.6. The molecule has 0 spiro atoms. The molecule has 30 heavy (non-hydrogen) atoms. The molecule has 2 aromatic rings. The van der Waals surface area contributed by atoms with E-state index in [1.165, 1.54) is 36.4 Å². The minimum absolute atomic E-state index is 0.315. The normalized spacial score (nSPS) is 18.3. The van der Waals surface area contributed by atoms with Gasteiger partial charge < -0.3 is 21.3 Å². The SMILES string of the molecule is O=C(NC[C@H]1CCC[C@H](CNC(=O)Nc2cccc(F)c2)C1)Nc1cccc(F)c1. The lowest BCUT2D eigenvalue weighted by Gasteiger charge is -2.29. The Morgan fingerprint density at radius 2 is 1.27 bits per heavy atom. The number of hydrogen-bond donors (Lipinski definition) is 4. The summed E-state index contributed by atoms with van der Waals surface area (Å²) in [6.45, 7) is 1.04. The number of hydrogen-bond acceptors (Lipinski definition) is 2. The Morgan fingerprint density at radius 3 is 1.70 bits per heavy atom. The molecule has 2 aromatic carbocycles. The first-order valence-corrected chi connectivity index (χ1v) is 10.1. The smallest absolute Gasteiger partial charge is 0.319 e. The van der Waals surface area contributed by atoms with Crippen LogP contribution in [0.4, 0.5) is 29.7 Å². The van der Waals surface area contributed by atoms with E-state index in [1.807, 2.05) is 0 Å². The molecule has 0 unspecified atom stereocenters. The zero-order valence-corrected chi connectivity index (χ0v) is 16.6. The molecule has 2 atom stereocenters. The first-order chi connectivity index (χ1) is 14.5. The maximum absolute atomic E-state index is 13.2. The van der Waals surface area contributed by atoms with Crippen molar-refractivity contribution < 1.29 is 18.4 Å². The highest BCUT2D eigenvalue weighted by Gasteiger charge is 2.23. The van der Waals surface area contributed by atoms with Gasteiger partial charge in [0.2, 0.25) is 0 Å². The van der Waals surface area contributed by atoms with Crippen molar-refractivity contribution in [1.29, 1.82) is 0 Å². The van der Waals surface area contributed by atoms with Gasteiger partial charge in [-0.2, -0.15) is 0 Å². The summed E-state index contributed by atoms with van der Waals surface area (Å²) in [5, 5.41) is 10.9.